The molecule has 0 unspecified atom stereocenters. The van der Waals surface area contributed by atoms with Crippen molar-refractivity contribution in [2.24, 2.45) is 0 Å². The molecule has 0 amide bonds. The zero-order valence-corrected chi connectivity index (χ0v) is 13.1. The number of carbonyl (C=O) groups is 1. The average Bonchev–Trinajstić information content (AvgIpc) is 2.50. The van der Waals surface area contributed by atoms with Crippen LogP contribution in [0, 0.1) is 0 Å². The van der Waals surface area contributed by atoms with Gasteiger partial charge < -0.3 is 9.84 Å². The highest BCUT2D eigenvalue weighted by molar-refractivity contribution is 5.80. The van der Waals surface area contributed by atoms with E-state index in [2.05, 4.69) is 6.92 Å². The quantitative estimate of drug-likeness (QED) is 0.430. The molecular weight excluding hydrogens is 264 g/mol. The lowest BCUT2D eigenvalue weighted by Crippen LogP contribution is -2.00. The molecule has 21 heavy (non-hydrogen) atoms. The van der Waals surface area contributed by atoms with Crippen molar-refractivity contribution in [3.05, 3.63) is 23.8 Å². The number of phenols is 1. The van der Waals surface area contributed by atoms with Gasteiger partial charge >= 0.3 is 0 Å². The highest BCUT2D eigenvalue weighted by atomic mass is 16.5. The maximum atomic E-state index is 10.9. The standard InChI is InChI=1S/C18H28O3/c1-2-3-4-5-6-7-8-9-10-13-21-18-12-11-17(20)14-16(18)15-19/h11-12,14-15,20H,2-10,13H2,1H3. The van der Waals surface area contributed by atoms with Gasteiger partial charge in [-0.1, -0.05) is 58.3 Å². The average molecular weight is 292 g/mol. The van der Waals surface area contributed by atoms with Gasteiger partial charge in [0.2, 0.25) is 0 Å². The summed E-state index contributed by atoms with van der Waals surface area (Å²) in [6.45, 7) is 2.87. The third kappa shape index (κ3) is 7.74. The number of ether oxygens (including phenoxy) is 1. The van der Waals surface area contributed by atoms with Crippen LogP contribution in [0.5, 0.6) is 11.5 Å². The van der Waals surface area contributed by atoms with E-state index in [-0.39, 0.29) is 5.75 Å². The minimum atomic E-state index is 0.0903. The van der Waals surface area contributed by atoms with Crippen LogP contribution in [-0.4, -0.2) is 18.0 Å². The van der Waals surface area contributed by atoms with Crippen LogP contribution >= 0.6 is 0 Å². The molecule has 0 saturated heterocycles. The molecule has 0 atom stereocenters. The Balaban J connectivity index is 2.05. The van der Waals surface area contributed by atoms with Crippen molar-refractivity contribution >= 4 is 6.29 Å². The molecule has 1 rings (SSSR count). The number of hydrogen-bond donors (Lipinski definition) is 1. The van der Waals surface area contributed by atoms with Gasteiger partial charge in [0.15, 0.2) is 6.29 Å². The first-order valence-electron chi connectivity index (χ1n) is 8.19. The second-order valence-corrected chi connectivity index (χ2v) is 5.52. The molecule has 0 aliphatic heterocycles. The second kappa shape index (κ2) is 11.2. The largest absolute Gasteiger partial charge is 0.508 e. The summed E-state index contributed by atoms with van der Waals surface area (Å²) in [6, 6.07) is 4.62. The van der Waals surface area contributed by atoms with Crippen LogP contribution in [0.25, 0.3) is 0 Å². The van der Waals surface area contributed by atoms with Gasteiger partial charge in [0.25, 0.3) is 0 Å². The Hall–Kier alpha value is -1.51. The molecule has 3 nitrogen and oxygen atoms in total. The Morgan fingerprint density at radius 3 is 2.24 bits per heavy atom. The fraction of sp³-hybridized carbons (Fsp3) is 0.611. The Bertz CT molecular complexity index is 401. The topological polar surface area (TPSA) is 46.5 Å². The molecule has 1 N–H and O–H groups in total. The van der Waals surface area contributed by atoms with Crippen molar-refractivity contribution in [3.8, 4) is 11.5 Å². The molecule has 0 bridgehead atoms. The maximum absolute atomic E-state index is 10.9. The summed E-state index contributed by atoms with van der Waals surface area (Å²) in [5.74, 6) is 0.648. The molecule has 118 valence electrons. The first-order valence-corrected chi connectivity index (χ1v) is 8.19. The molecule has 3 heteroatoms. The van der Waals surface area contributed by atoms with Gasteiger partial charge in [-0.15, -0.1) is 0 Å². The van der Waals surface area contributed by atoms with E-state index in [0.717, 1.165) is 6.42 Å². The lowest BCUT2D eigenvalue weighted by molar-refractivity contribution is 0.111. The minimum absolute atomic E-state index is 0.0903. The summed E-state index contributed by atoms with van der Waals surface area (Å²) in [6.07, 6.45) is 12.2. The van der Waals surface area contributed by atoms with E-state index < -0.39 is 0 Å². The first kappa shape index (κ1) is 17.5. The van der Waals surface area contributed by atoms with Gasteiger partial charge in [-0.3, -0.25) is 4.79 Å². The van der Waals surface area contributed by atoms with Crippen molar-refractivity contribution in [2.45, 2.75) is 64.7 Å². The van der Waals surface area contributed by atoms with E-state index in [9.17, 15) is 9.90 Å². The van der Waals surface area contributed by atoms with E-state index in [4.69, 9.17) is 4.74 Å². The van der Waals surface area contributed by atoms with Crippen LogP contribution in [0.4, 0.5) is 0 Å². The Labute approximate surface area is 128 Å². The molecular formula is C18H28O3. The molecule has 0 spiro atoms. The summed E-state index contributed by atoms with van der Waals surface area (Å²) in [4.78, 5) is 10.9. The van der Waals surface area contributed by atoms with Gasteiger partial charge in [-0.05, 0) is 24.6 Å². The van der Waals surface area contributed by atoms with Crippen molar-refractivity contribution in [1.82, 2.24) is 0 Å². The Morgan fingerprint density at radius 2 is 1.62 bits per heavy atom. The fourth-order valence-electron chi connectivity index (χ4n) is 2.35. The van der Waals surface area contributed by atoms with E-state index in [0.29, 0.717) is 24.2 Å². The van der Waals surface area contributed by atoms with Crippen LogP contribution in [0.1, 0.15) is 75.1 Å². The number of benzene rings is 1. The third-order valence-corrected chi connectivity index (χ3v) is 3.63. The zero-order valence-electron chi connectivity index (χ0n) is 13.1. The van der Waals surface area contributed by atoms with Gasteiger partial charge in [-0.2, -0.15) is 0 Å². The molecule has 1 aromatic carbocycles. The highest BCUT2D eigenvalue weighted by Gasteiger charge is 2.03. The number of aldehydes is 1. The van der Waals surface area contributed by atoms with Crippen molar-refractivity contribution in [3.63, 3.8) is 0 Å². The summed E-state index contributed by atoms with van der Waals surface area (Å²) in [5.41, 5.74) is 0.408. The zero-order chi connectivity index (χ0) is 15.3. The monoisotopic (exact) mass is 292 g/mol. The second-order valence-electron chi connectivity index (χ2n) is 5.52. The third-order valence-electron chi connectivity index (χ3n) is 3.63. The molecule has 0 aliphatic carbocycles. The summed E-state index contributed by atoms with van der Waals surface area (Å²) in [7, 11) is 0. The maximum Gasteiger partial charge on any atom is 0.153 e. The van der Waals surface area contributed by atoms with Crippen molar-refractivity contribution < 1.29 is 14.6 Å². The molecule has 0 saturated carbocycles. The van der Waals surface area contributed by atoms with Crippen LogP contribution in [0.3, 0.4) is 0 Å². The lowest BCUT2D eigenvalue weighted by Gasteiger charge is -2.08. The molecule has 0 aromatic heterocycles. The highest BCUT2D eigenvalue weighted by Crippen LogP contribution is 2.22. The van der Waals surface area contributed by atoms with Crippen LogP contribution < -0.4 is 4.74 Å². The number of phenolic OH excluding ortho intramolecular Hbond substituents is 1. The van der Waals surface area contributed by atoms with Gasteiger partial charge in [-0.25, -0.2) is 0 Å². The Kier molecular flexibility index (Phi) is 9.34. The predicted octanol–water partition coefficient (Wildman–Crippen LogP) is 5.11. The van der Waals surface area contributed by atoms with E-state index >= 15 is 0 Å². The van der Waals surface area contributed by atoms with Crippen LogP contribution in [0.2, 0.25) is 0 Å². The number of aromatic hydroxyl groups is 1. The van der Waals surface area contributed by atoms with Gasteiger partial charge in [0.1, 0.15) is 11.5 Å². The number of carbonyl (C=O) groups excluding carboxylic acids is 1. The SMILES string of the molecule is CCCCCCCCCCCOc1ccc(O)cc1C=O. The number of hydrogen-bond acceptors (Lipinski definition) is 3. The number of unbranched alkanes of at least 4 members (excludes halogenated alkanes) is 8. The molecule has 0 heterocycles. The molecule has 1 aromatic rings. The number of rotatable bonds is 12. The Morgan fingerprint density at radius 1 is 1.00 bits per heavy atom. The van der Waals surface area contributed by atoms with E-state index in [1.54, 1.807) is 12.1 Å². The summed E-state index contributed by atoms with van der Waals surface area (Å²) in [5, 5.41) is 9.30. The minimum Gasteiger partial charge on any atom is -0.508 e. The summed E-state index contributed by atoms with van der Waals surface area (Å²) < 4.78 is 5.60. The van der Waals surface area contributed by atoms with Crippen LogP contribution in [-0.2, 0) is 0 Å². The molecule has 0 fully saturated rings. The first-order chi connectivity index (χ1) is 10.3. The van der Waals surface area contributed by atoms with E-state index in [1.165, 1.54) is 57.4 Å². The van der Waals surface area contributed by atoms with Gasteiger partial charge in [0.05, 0.1) is 12.2 Å². The fourth-order valence-corrected chi connectivity index (χ4v) is 2.35. The van der Waals surface area contributed by atoms with Crippen molar-refractivity contribution in [2.75, 3.05) is 6.61 Å². The summed E-state index contributed by atoms with van der Waals surface area (Å²) >= 11 is 0. The normalized spacial score (nSPS) is 10.5. The molecule has 0 radical (unpaired) electrons. The predicted molar refractivity (Wildman–Crippen MR) is 86.2 cm³/mol. The van der Waals surface area contributed by atoms with E-state index in [1.807, 2.05) is 0 Å². The molecule has 0 aliphatic rings. The smallest absolute Gasteiger partial charge is 0.153 e. The van der Waals surface area contributed by atoms with Crippen LogP contribution in [0.15, 0.2) is 18.2 Å². The van der Waals surface area contributed by atoms with Crippen molar-refractivity contribution in [1.29, 1.82) is 0 Å². The lowest BCUT2D eigenvalue weighted by atomic mass is 10.1. The van der Waals surface area contributed by atoms with Gasteiger partial charge in [0, 0.05) is 0 Å².